The summed E-state index contributed by atoms with van der Waals surface area (Å²) in [7, 11) is 0. The van der Waals surface area contributed by atoms with Crippen LogP contribution >= 0.6 is 11.3 Å². The van der Waals surface area contributed by atoms with Crippen LogP contribution < -0.4 is 5.73 Å². The Bertz CT molecular complexity index is 559. The Labute approximate surface area is 131 Å². The van der Waals surface area contributed by atoms with Crippen LogP contribution in [0.1, 0.15) is 59.6 Å². The summed E-state index contributed by atoms with van der Waals surface area (Å²) in [5, 5.41) is 10.7. The molecule has 3 N–H and O–H groups in total. The van der Waals surface area contributed by atoms with Crippen molar-refractivity contribution in [3.05, 3.63) is 57.3 Å². The minimum Gasteiger partial charge on any atom is -0.387 e. The first-order valence-corrected chi connectivity index (χ1v) is 8.45. The molecular weight excluding hydrogens is 278 g/mol. The second-order valence-corrected chi connectivity index (χ2v) is 6.97. The van der Waals surface area contributed by atoms with E-state index in [1.54, 1.807) is 11.3 Å². The van der Waals surface area contributed by atoms with Crippen molar-refractivity contribution in [2.24, 2.45) is 5.73 Å². The number of benzene rings is 1. The van der Waals surface area contributed by atoms with Gasteiger partial charge in [-0.2, -0.15) is 0 Å². The first-order chi connectivity index (χ1) is 10.1. The normalized spacial score (nSPS) is 14.4. The van der Waals surface area contributed by atoms with Gasteiger partial charge >= 0.3 is 0 Å². The Balaban J connectivity index is 2.21. The zero-order valence-corrected chi connectivity index (χ0v) is 13.9. The highest BCUT2D eigenvalue weighted by Crippen LogP contribution is 2.34. The SMILES string of the molecule is CCc1ccc(C(O)C(CN)c2ccc(C(C)C)cc2)s1. The maximum atomic E-state index is 10.7. The molecule has 0 saturated heterocycles. The molecular formula is C18H25NOS. The van der Waals surface area contributed by atoms with Crippen molar-refractivity contribution < 1.29 is 5.11 Å². The lowest BCUT2D eigenvalue weighted by Gasteiger charge is -2.21. The molecule has 2 aromatic rings. The van der Waals surface area contributed by atoms with Crippen molar-refractivity contribution in [3.8, 4) is 0 Å². The molecule has 2 atom stereocenters. The highest BCUT2D eigenvalue weighted by Gasteiger charge is 2.23. The average molecular weight is 303 g/mol. The van der Waals surface area contributed by atoms with Gasteiger partial charge in [0.05, 0.1) is 6.10 Å². The van der Waals surface area contributed by atoms with Gasteiger partial charge in [0.1, 0.15) is 0 Å². The van der Waals surface area contributed by atoms with E-state index in [0.717, 1.165) is 16.9 Å². The van der Waals surface area contributed by atoms with E-state index in [9.17, 15) is 5.11 Å². The van der Waals surface area contributed by atoms with Gasteiger partial charge in [-0.1, -0.05) is 45.0 Å². The lowest BCUT2D eigenvalue weighted by molar-refractivity contribution is 0.151. The summed E-state index contributed by atoms with van der Waals surface area (Å²) >= 11 is 1.68. The van der Waals surface area contributed by atoms with Crippen LogP contribution in [0.3, 0.4) is 0 Å². The molecule has 2 unspecified atom stereocenters. The predicted molar refractivity (Wildman–Crippen MR) is 91.0 cm³/mol. The fourth-order valence-electron chi connectivity index (χ4n) is 2.52. The van der Waals surface area contributed by atoms with Gasteiger partial charge in [0.2, 0.25) is 0 Å². The summed E-state index contributed by atoms with van der Waals surface area (Å²) in [6.07, 6.45) is 0.485. The number of hydrogen-bond acceptors (Lipinski definition) is 3. The van der Waals surface area contributed by atoms with Crippen LogP contribution in [-0.2, 0) is 6.42 Å². The van der Waals surface area contributed by atoms with Crippen molar-refractivity contribution in [2.75, 3.05) is 6.54 Å². The van der Waals surface area contributed by atoms with E-state index in [2.05, 4.69) is 51.1 Å². The van der Waals surface area contributed by atoms with Crippen LogP contribution in [0, 0.1) is 0 Å². The first-order valence-electron chi connectivity index (χ1n) is 7.63. The monoisotopic (exact) mass is 303 g/mol. The minimum absolute atomic E-state index is 0.0467. The molecule has 0 aliphatic heterocycles. The van der Waals surface area contributed by atoms with E-state index < -0.39 is 6.10 Å². The minimum atomic E-state index is -0.523. The van der Waals surface area contributed by atoms with Gasteiger partial charge in [0.25, 0.3) is 0 Å². The van der Waals surface area contributed by atoms with Crippen LogP contribution in [0.4, 0.5) is 0 Å². The number of aliphatic hydroxyl groups excluding tert-OH is 1. The molecule has 1 heterocycles. The molecule has 0 bridgehead atoms. The fourth-order valence-corrected chi connectivity index (χ4v) is 3.52. The first kappa shape index (κ1) is 16.2. The van der Waals surface area contributed by atoms with Gasteiger partial charge in [-0.3, -0.25) is 0 Å². The van der Waals surface area contributed by atoms with Crippen LogP contribution in [0.15, 0.2) is 36.4 Å². The molecule has 114 valence electrons. The standard InChI is InChI=1S/C18H25NOS/c1-4-15-9-10-17(21-15)18(20)16(11-19)14-7-5-13(6-8-14)12(2)3/h5-10,12,16,18,20H,4,11,19H2,1-3H3. The van der Waals surface area contributed by atoms with Gasteiger partial charge in [-0.25, -0.2) is 0 Å². The van der Waals surface area contributed by atoms with E-state index in [4.69, 9.17) is 5.73 Å². The van der Waals surface area contributed by atoms with E-state index in [0.29, 0.717) is 12.5 Å². The van der Waals surface area contributed by atoms with E-state index in [-0.39, 0.29) is 5.92 Å². The lowest BCUT2D eigenvalue weighted by atomic mass is 9.90. The highest BCUT2D eigenvalue weighted by atomic mass is 32.1. The molecule has 2 rings (SSSR count). The molecule has 0 saturated carbocycles. The molecule has 3 heteroatoms. The lowest BCUT2D eigenvalue weighted by Crippen LogP contribution is -2.19. The van der Waals surface area contributed by atoms with Gasteiger partial charge < -0.3 is 10.8 Å². The number of hydrogen-bond donors (Lipinski definition) is 2. The zero-order valence-electron chi connectivity index (χ0n) is 13.0. The molecule has 1 aromatic carbocycles. The molecule has 0 radical (unpaired) electrons. The topological polar surface area (TPSA) is 46.2 Å². The zero-order chi connectivity index (χ0) is 15.4. The van der Waals surface area contributed by atoms with Crippen molar-refractivity contribution in [1.82, 2.24) is 0 Å². The molecule has 1 aromatic heterocycles. The number of rotatable bonds is 6. The molecule has 21 heavy (non-hydrogen) atoms. The average Bonchev–Trinajstić information content (AvgIpc) is 2.97. The van der Waals surface area contributed by atoms with Crippen LogP contribution in [0.5, 0.6) is 0 Å². The van der Waals surface area contributed by atoms with Crippen molar-refractivity contribution in [2.45, 2.75) is 45.1 Å². The van der Waals surface area contributed by atoms with E-state index in [1.165, 1.54) is 10.4 Å². The van der Waals surface area contributed by atoms with Crippen LogP contribution in [0.2, 0.25) is 0 Å². The number of thiophene rings is 1. The van der Waals surface area contributed by atoms with Gasteiger partial charge in [0.15, 0.2) is 0 Å². The van der Waals surface area contributed by atoms with Crippen molar-refractivity contribution >= 4 is 11.3 Å². The summed E-state index contributed by atoms with van der Waals surface area (Å²) in [4.78, 5) is 2.31. The predicted octanol–water partition coefficient (Wildman–Crippen LogP) is 4.21. The Morgan fingerprint density at radius 2 is 1.67 bits per heavy atom. The fraction of sp³-hybridized carbons (Fsp3) is 0.444. The molecule has 0 aliphatic rings. The molecule has 0 spiro atoms. The number of nitrogens with two attached hydrogens (primary N) is 1. The summed E-state index contributed by atoms with van der Waals surface area (Å²) in [5.74, 6) is 0.472. The largest absolute Gasteiger partial charge is 0.387 e. The number of aliphatic hydroxyl groups is 1. The van der Waals surface area contributed by atoms with Gasteiger partial charge in [-0.05, 0) is 35.6 Å². The molecule has 0 amide bonds. The van der Waals surface area contributed by atoms with Gasteiger partial charge in [0, 0.05) is 22.2 Å². The summed E-state index contributed by atoms with van der Waals surface area (Å²) in [5.41, 5.74) is 8.35. The second-order valence-electron chi connectivity index (χ2n) is 5.77. The van der Waals surface area contributed by atoms with Crippen molar-refractivity contribution in [3.63, 3.8) is 0 Å². The van der Waals surface area contributed by atoms with Gasteiger partial charge in [-0.15, -0.1) is 11.3 Å². The quantitative estimate of drug-likeness (QED) is 0.839. The molecule has 0 aliphatic carbocycles. The highest BCUT2D eigenvalue weighted by molar-refractivity contribution is 7.12. The second kappa shape index (κ2) is 7.21. The summed E-state index contributed by atoms with van der Waals surface area (Å²) < 4.78 is 0. The summed E-state index contributed by atoms with van der Waals surface area (Å²) in [6.45, 7) is 6.94. The third kappa shape index (κ3) is 3.73. The Morgan fingerprint density at radius 3 is 2.14 bits per heavy atom. The third-order valence-corrected chi connectivity index (χ3v) is 5.29. The smallest absolute Gasteiger partial charge is 0.0962 e. The Hall–Kier alpha value is -1.16. The third-order valence-electron chi connectivity index (χ3n) is 3.99. The van der Waals surface area contributed by atoms with Crippen molar-refractivity contribution in [1.29, 1.82) is 0 Å². The van der Waals surface area contributed by atoms with Crippen LogP contribution in [-0.4, -0.2) is 11.7 Å². The number of aryl methyl sites for hydroxylation is 1. The van der Waals surface area contributed by atoms with E-state index in [1.807, 2.05) is 6.07 Å². The maximum Gasteiger partial charge on any atom is 0.0962 e. The Morgan fingerprint density at radius 1 is 1.05 bits per heavy atom. The molecule has 2 nitrogen and oxygen atoms in total. The summed E-state index contributed by atoms with van der Waals surface area (Å²) in [6, 6.07) is 12.6. The van der Waals surface area contributed by atoms with Crippen LogP contribution in [0.25, 0.3) is 0 Å². The van der Waals surface area contributed by atoms with E-state index >= 15 is 0 Å². The Kier molecular flexibility index (Phi) is 5.57. The maximum absolute atomic E-state index is 10.7. The molecule has 0 fully saturated rings.